The first kappa shape index (κ1) is 14.8. The van der Waals surface area contributed by atoms with Crippen LogP contribution in [0, 0.1) is 0 Å². The van der Waals surface area contributed by atoms with Crippen molar-refractivity contribution < 1.29 is 14.3 Å². The third-order valence-corrected chi connectivity index (χ3v) is 3.81. The number of carbonyl (C=O) groups excluding carboxylic acids is 2. The zero-order chi connectivity index (χ0) is 14.8. The van der Waals surface area contributed by atoms with Crippen LogP contribution in [0.2, 0.25) is 0 Å². The van der Waals surface area contributed by atoms with Crippen LogP contribution >= 0.6 is 11.3 Å². The topological polar surface area (TPSA) is 58.6 Å². The SMILES string of the molecule is CC(C)(C)OC(=O)NCCCN1Cc2ccsc2C1=O. The number of nitrogens with zero attached hydrogens (tertiary/aromatic N) is 1. The summed E-state index contributed by atoms with van der Waals surface area (Å²) in [6.07, 6.45) is 0.310. The minimum atomic E-state index is -0.483. The molecule has 0 aromatic carbocycles. The summed E-state index contributed by atoms with van der Waals surface area (Å²) in [7, 11) is 0. The summed E-state index contributed by atoms with van der Waals surface area (Å²) in [5.41, 5.74) is 0.628. The van der Waals surface area contributed by atoms with Crippen molar-refractivity contribution in [3.63, 3.8) is 0 Å². The van der Waals surface area contributed by atoms with E-state index < -0.39 is 11.7 Å². The van der Waals surface area contributed by atoms with Gasteiger partial charge in [-0.2, -0.15) is 0 Å². The van der Waals surface area contributed by atoms with Crippen LogP contribution in [-0.2, 0) is 11.3 Å². The van der Waals surface area contributed by atoms with Crippen LogP contribution in [0.15, 0.2) is 11.4 Å². The fourth-order valence-corrected chi connectivity index (χ4v) is 2.91. The van der Waals surface area contributed by atoms with Crippen molar-refractivity contribution in [1.29, 1.82) is 0 Å². The molecule has 5 nitrogen and oxygen atoms in total. The van der Waals surface area contributed by atoms with E-state index >= 15 is 0 Å². The molecule has 1 aromatic heterocycles. The predicted molar refractivity (Wildman–Crippen MR) is 77.9 cm³/mol. The number of carbonyl (C=O) groups is 2. The number of nitrogens with one attached hydrogen (secondary N) is 1. The lowest BCUT2D eigenvalue weighted by Crippen LogP contribution is -2.34. The third-order valence-electron chi connectivity index (χ3n) is 2.86. The Labute approximate surface area is 122 Å². The molecule has 110 valence electrons. The Hall–Kier alpha value is -1.56. The van der Waals surface area contributed by atoms with Gasteiger partial charge >= 0.3 is 6.09 Å². The van der Waals surface area contributed by atoms with Crippen molar-refractivity contribution in [1.82, 2.24) is 10.2 Å². The van der Waals surface area contributed by atoms with Gasteiger partial charge in [-0.05, 0) is 44.2 Å². The van der Waals surface area contributed by atoms with E-state index in [0.717, 1.165) is 16.9 Å². The largest absolute Gasteiger partial charge is 0.444 e. The second-order valence-electron chi connectivity index (χ2n) is 5.78. The highest BCUT2D eigenvalue weighted by Crippen LogP contribution is 2.27. The van der Waals surface area contributed by atoms with Gasteiger partial charge < -0.3 is 15.0 Å². The van der Waals surface area contributed by atoms with E-state index in [1.165, 1.54) is 11.3 Å². The first-order valence-corrected chi connectivity index (χ1v) is 7.57. The summed E-state index contributed by atoms with van der Waals surface area (Å²) in [5.74, 6) is 0.104. The molecule has 1 aliphatic rings. The molecule has 6 heteroatoms. The van der Waals surface area contributed by atoms with E-state index in [4.69, 9.17) is 4.74 Å². The van der Waals surface area contributed by atoms with Crippen LogP contribution in [0.1, 0.15) is 42.4 Å². The van der Waals surface area contributed by atoms with Gasteiger partial charge in [-0.1, -0.05) is 0 Å². The summed E-state index contributed by atoms with van der Waals surface area (Å²) >= 11 is 1.49. The molecule has 0 atom stereocenters. The van der Waals surface area contributed by atoms with Crippen LogP contribution < -0.4 is 5.32 Å². The molecule has 0 aliphatic carbocycles. The normalized spacial score (nSPS) is 14.3. The second kappa shape index (κ2) is 5.83. The Kier molecular flexibility index (Phi) is 4.32. The third kappa shape index (κ3) is 3.72. The average molecular weight is 296 g/mol. The van der Waals surface area contributed by atoms with Crippen molar-refractivity contribution in [3.8, 4) is 0 Å². The van der Waals surface area contributed by atoms with Gasteiger partial charge in [0.2, 0.25) is 0 Å². The number of hydrogen-bond donors (Lipinski definition) is 1. The molecule has 0 spiro atoms. The maximum absolute atomic E-state index is 12.0. The average Bonchev–Trinajstić information content (AvgIpc) is 2.87. The fraction of sp³-hybridized carbons (Fsp3) is 0.571. The molecule has 0 saturated heterocycles. The smallest absolute Gasteiger partial charge is 0.407 e. The number of alkyl carbamates (subject to hydrolysis) is 1. The minimum Gasteiger partial charge on any atom is -0.444 e. The molecule has 2 heterocycles. The summed E-state index contributed by atoms with van der Waals surface area (Å²) < 4.78 is 5.14. The summed E-state index contributed by atoms with van der Waals surface area (Å²) in [6, 6.07) is 2.00. The van der Waals surface area contributed by atoms with E-state index in [-0.39, 0.29) is 5.91 Å². The van der Waals surface area contributed by atoms with E-state index in [1.54, 1.807) is 0 Å². The fourth-order valence-electron chi connectivity index (χ4n) is 2.02. The van der Waals surface area contributed by atoms with E-state index in [1.807, 2.05) is 37.1 Å². The highest BCUT2D eigenvalue weighted by atomic mass is 32.1. The van der Waals surface area contributed by atoms with Gasteiger partial charge in [0, 0.05) is 19.6 Å². The van der Waals surface area contributed by atoms with Gasteiger partial charge in [0.1, 0.15) is 5.60 Å². The number of hydrogen-bond acceptors (Lipinski definition) is 4. The molecular weight excluding hydrogens is 276 g/mol. The standard InChI is InChI=1S/C14H20N2O3S/c1-14(2,3)19-13(18)15-6-4-7-16-9-10-5-8-20-11(10)12(16)17/h5,8H,4,6-7,9H2,1-3H3,(H,15,18). The lowest BCUT2D eigenvalue weighted by molar-refractivity contribution is 0.0526. The molecule has 20 heavy (non-hydrogen) atoms. The van der Waals surface area contributed by atoms with Crippen LogP contribution in [-0.4, -0.2) is 35.6 Å². The predicted octanol–water partition coefficient (Wildman–Crippen LogP) is 2.62. The molecule has 1 N–H and O–H groups in total. The number of amides is 2. The van der Waals surface area contributed by atoms with Crippen molar-refractivity contribution in [2.24, 2.45) is 0 Å². The Morgan fingerprint density at radius 3 is 2.90 bits per heavy atom. The van der Waals surface area contributed by atoms with Crippen LogP contribution in [0.5, 0.6) is 0 Å². The van der Waals surface area contributed by atoms with Gasteiger partial charge in [0.15, 0.2) is 0 Å². The van der Waals surface area contributed by atoms with Gasteiger partial charge in [0.25, 0.3) is 5.91 Å². The molecule has 1 aromatic rings. The van der Waals surface area contributed by atoms with E-state index in [2.05, 4.69) is 5.32 Å². The first-order chi connectivity index (χ1) is 9.37. The van der Waals surface area contributed by atoms with Crippen molar-refractivity contribution in [3.05, 3.63) is 21.9 Å². The maximum Gasteiger partial charge on any atom is 0.407 e. The summed E-state index contributed by atoms with van der Waals surface area (Å²) in [6.45, 7) is 7.32. The Bertz CT molecular complexity index is 505. The number of rotatable bonds is 4. The van der Waals surface area contributed by atoms with Gasteiger partial charge in [0.05, 0.1) is 4.88 Å². The van der Waals surface area contributed by atoms with Crippen molar-refractivity contribution in [2.45, 2.75) is 39.3 Å². The highest BCUT2D eigenvalue weighted by Gasteiger charge is 2.27. The monoisotopic (exact) mass is 296 g/mol. The lowest BCUT2D eigenvalue weighted by Gasteiger charge is -2.20. The number of thiophene rings is 1. The minimum absolute atomic E-state index is 0.104. The zero-order valence-electron chi connectivity index (χ0n) is 12.1. The van der Waals surface area contributed by atoms with Crippen LogP contribution in [0.3, 0.4) is 0 Å². The van der Waals surface area contributed by atoms with E-state index in [9.17, 15) is 9.59 Å². The molecule has 0 unspecified atom stereocenters. The molecule has 2 rings (SSSR count). The summed E-state index contributed by atoms with van der Waals surface area (Å²) in [5, 5.41) is 4.64. The number of fused-ring (bicyclic) bond motifs is 1. The Balaban J connectivity index is 1.67. The van der Waals surface area contributed by atoms with Crippen molar-refractivity contribution in [2.75, 3.05) is 13.1 Å². The molecular formula is C14H20N2O3S. The molecule has 0 saturated carbocycles. The maximum atomic E-state index is 12.0. The quantitative estimate of drug-likeness (QED) is 0.869. The van der Waals surface area contributed by atoms with Gasteiger partial charge in [-0.25, -0.2) is 4.79 Å². The lowest BCUT2D eigenvalue weighted by atomic mass is 10.2. The summed E-state index contributed by atoms with van der Waals surface area (Å²) in [4.78, 5) is 26.1. The zero-order valence-corrected chi connectivity index (χ0v) is 12.9. The van der Waals surface area contributed by atoms with Crippen LogP contribution in [0.25, 0.3) is 0 Å². The molecule has 2 amide bonds. The Morgan fingerprint density at radius 1 is 1.50 bits per heavy atom. The molecule has 0 fully saturated rings. The van der Waals surface area contributed by atoms with Crippen molar-refractivity contribution >= 4 is 23.3 Å². The van der Waals surface area contributed by atoms with Crippen LogP contribution in [0.4, 0.5) is 4.79 Å². The van der Waals surface area contributed by atoms with Gasteiger partial charge in [-0.15, -0.1) is 11.3 Å². The molecule has 1 aliphatic heterocycles. The molecule has 0 radical (unpaired) electrons. The van der Waals surface area contributed by atoms with E-state index in [0.29, 0.717) is 19.6 Å². The Morgan fingerprint density at radius 2 is 2.25 bits per heavy atom. The highest BCUT2D eigenvalue weighted by molar-refractivity contribution is 7.12. The molecule has 0 bridgehead atoms. The van der Waals surface area contributed by atoms with Gasteiger partial charge in [-0.3, -0.25) is 4.79 Å². The second-order valence-corrected chi connectivity index (χ2v) is 6.70. The number of ether oxygens (including phenoxy) is 1. The first-order valence-electron chi connectivity index (χ1n) is 6.69.